The van der Waals surface area contributed by atoms with E-state index in [1.54, 1.807) is 7.11 Å². The summed E-state index contributed by atoms with van der Waals surface area (Å²) in [5.41, 5.74) is 6.04. The van der Waals surface area contributed by atoms with Crippen molar-refractivity contribution < 1.29 is 23.5 Å². The molecule has 0 spiro atoms. The number of aromatic amines is 1. The first-order valence-electron chi connectivity index (χ1n) is 14.5. The molecule has 0 bridgehead atoms. The SMILES string of the molecule is COc1cc2c(cc1-c1c(C)noc1C)[nH]c1nc(C)nc(-c3ccc(C(=O)N4CCN(C)C(C)C4)c4c3OCCO4)c12. The van der Waals surface area contributed by atoms with Gasteiger partial charge in [0, 0.05) is 47.7 Å². The van der Waals surface area contributed by atoms with Gasteiger partial charge in [-0.1, -0.05) is 5.16 Å². The van der Waals surface area contributed by atoms with E-state index in [0.29, 0.717) is 72.0 Å². The summed E-state index contributed by atoms with van der Waals surface area (Å²) in [4.78, 5) is 31.0. The highest BCUT2D eigenvalue weighted by molar-refractivity contribution is 6.14. The van der Waals surface area contributed by atoms with Crippen LogP contribution >= 0.6 is 0 Å². The number of carbonyl (C=O) groups excluding carboxylic acids is 1. The number of likely N-dealkylation sites (N-methyl/N-ethyl adjacent to an activating group) is 1. The second kappa shape index (κ2) is 10.3. The van der Waals surface area contributed by atoms with Gasteiger partial charge in [0.05, 0.1) is 35.0 Å². The van der Waals surface area contributed by atoms with Gasteiger partial charge in [-0.05, 0) is 59.0 Å². The largest absolute Gasteiger partial charge is 0.496 e. The van der Waals surface area contributed by atoms with Crippen LogP contribution in [0.4, 0.5) is 0 Å². The third-order valence-corrected chi connectivity index (χ3v) is 8.61. The molecular formula is C32H34N6O5. The number of hydrogen-bond donors (Lipinski definition) is 1. The Kier molecular flexibility index (Phi) is 6.50. The van der Waals surface area contributed by atoms with E-state index in [2.05, 4.69) is 29.0 Å². The number of benzene rings is 2. The maximum Gasteiger partial charge on any atom is 0.257 e. The van der Waals surface area contributed by atoms with Gasteiger partial charge in [-0.15, -0.1) is 0 Å². The van der Waals surface area contributed by atoms with Gasteiger partial charge in [0.1, 0.15) is 36.2 Å². The van der Waals surface area contributed by atoms with E-state index in [9.17, 15) is 4.79 Å². The van der Waals surface area contributed by atoms with Gasteiger partial charge in [-0.2, -0.15) is 0 Å². The first-order valence-corrected chi connectivity index (χ1v) is 14.5. The molecule has 2 aliphatic rings. The zero-order chi connectivity index (χ0) is 30.0. The number of carbonyl (C=O) groups is 1. The minimum absolute atomic E-state index is 0.0547. The molecule has 222 valence electrons. The molecule has 2 aromatic carbocycles. The minimum atomic E-state index is -0.0547. The predicted molar refractivity (Wildman–Crippen MR) is 162 cm³/mol. The Bertz CT molecular complexity index is 1890. The number of amides is 1. The van der Waals surface area contributed by atoms with Crippen LogP contribution in [0.25, 0.3) is 44.3 Å². The number of fused-ring (bicyclic) bond motifs is 4. The average Bonchev–Trinajstić information content (AvgIpc) is 3.53. The van der Waals surface area contributed by atoms with E-state index >= 15 is 0 Å². The van der Waals surface area contributed by atoms with Gasteiger partial charge in [-0.25, -0.2) is 9.97 Å². The van der Waals surface area contributed by atoms with Crippen LogP contribution in [-0.4, -0.2) is 88.9 Å². The minimum Gasteiger partial charge on any atom is -0.496 e. The summed E-state index contributed by atoms with van der Waals surface area (Å²) < 4.78 is 23.7. The maximum absolute atomic E-state index is 13.7. The highest BCUT2D eigenvalue weighted by atomic mass is 16.6. The third-order valence-electron chi connectivity index (χ3n) is 8.61. The lowest BCUT2D eigenvalue weighted by atomic mass is 9.98. The van der Waals surface area contributed by atoms with Crippen LogP contribution in [0.1, 0.15) is 34.6 Å². The summed E-state index contributed by atoms with van der Waals surface area (Å²) in [5, 5.41) is 5.86. The van der Waals surface area contributed by atoms with Gasteiger partial charge in [0.2, 0.25) is 0 Å². The molecule has 0 saturated carbocycles. The summed E-state index contributed by atoms with van der Waals surface area (Å²) in [6, 6.07) is 8.06. The molecule has 1 saturated heterocycles. The van der Waals surface area contributed by atoms with Crippen molar-refractivity contribution in [2.24, 2.45) is 0 Å². The molecule has 1 N–H and O–H groups in total. The molecule has 1 atom stereocenters. The van der Waals surface area contributed by atoms with Crippen LogP contribution < -0.4 is 14.2 Å². The second-order valence-corrected chi connectivity index (χ2v) is 11.4. The molecule has 43 heavy (non-hydrogen) atoms. The Labute approximate surface area is 248 Å². The molecule has 0 aliphatic carbocycles. The van der Waals surface area contributed by atoms with Crippen LogP contribution in [0.2, 0.25) is 0 Å². The van der Waals surface area contributed by atoms with Crippen molar-refractivity contribution in [2.45, 2.75) is 33.7 Å². The number of methoxy groups -OCH3 is 1. The lowest BCUT2D eigenvalue weighted by molar-refractivity contribution is 0.0564. The lowest BCUT2D eigenvalue weighted by Gasteiger charge is -2.38. The molecule has 0 radical (unpaired) electrons. The first kappa shape index (κ1) is 27.2. The van der Waals surface area contributed by atoms with Crippen molar-refractivity contribution in [3.8, 4) is 39.6 Å². The summed E-state index contributed by atoms with van der Waals surface area (Å²) >= 11 is 0. The zero-order valence-electron chi connectivity index (χ0n) is 25.2. The number of nitrogens with one attached hydrogen (secondary N) is 1. The first-order chi connectivity index (χ1) is 20.7. The van der Waals surface area contributed by atoms with Crippen molar-refractivity contribution in [3.05, 3.63) is 47.1 Å². The van der Waals surface area contributed by atoms with Crippen molar-refractivity contribution in [3.63, 3.8) is 0 Å². The Morgan fingerprint density at radius 2 is 1.84 bits per heavy atom. The molecular weight excluding hydrogens is 548 g/mol. The average molecular weight is 583 g/mol. The fourth-order valence-corrected chi connectivity index (χ4v) is 6.26. The molecule has 7 rings (SSSR count). The van der Waals surface area contributed by atoms with Crippen LogP contribution in [-0.2, 0) is 0 Å². The summed E-state index contributed by atoms with van der Waals surface area (Å²) in [6.07, 6.45) is 0. The Morgan fingerprint density at radius 1 is 1.05 bits per heavy atom. The van der Waals surface area contributed by atoms with E-state index in [4.69, 9.17) is 28.7 Å². The molecule has 2 aliphatic heterocycles. The lowest BCUT2D eigenvalue weighted by Crippen LogP contribution is -2.52. The number of piperazine rings is 1. The number of aryl methyl sites for hydroxylation is 3. The van der Waals surface area contributed by atoms with Gasteiger partial charge in [-0.3, -0.25) is 4.79 Å². The molecule has 3 aromatic heterocycles. The molecule has 5 heterocycles. The third kappa shape index (κ3) is 4.37. The van der Waals surface area contributed by atoms with Crippen LogP contribution in [0.3, 0.4) is 0 Å². The van der Waals surface area contributed by atoms with Gasteiger partial charge < -0.3 is 33.5 Å². The zero-order valence-corrected chi connectivity index (χ0v) is 25.2. The predicted octanol–water partition coefficient (Wildman–Crippen LogP) is 4.91. The number of H-pyrrole nitrogens is 1. The van der Waals surface area contributed by atoms with Crippen molar-refractivity contribution in [1.82, 2.24) is 29.9 Å². The van der Waals surface area contributed by atoms with E-state index < -0.39 is 0 Å². The summed E-state index contributed by atoms with van der Waals surface area (Å²) in [6.45, 7) is 10.7. The van der Waals surface area contributed by atoms with Crippen LogP contribution in [0, 0.1) is 20.8 Å². The number of rotatable bonds is 4. The Hall–Kier alpha value is -4.64. The topological polar surface area (TPSA) is 119 Å². The number of aromatic nitrogens is 4. The van der Waals surface area contributed by atoms with Gasteiger partial charge >= 0.3 is 0 Å². The molecule has 1 fully saturated rings. The summed E-state index contributed by atoms with van der Waals surface area (Å²) in [5.74, 6) is 2.92. The molecule has 1 unspecified atom stereocenters. The highest BCUT2D eigenvalue weighted by Gasteiger charge is 2.32. The fourth-order valence-electron chi connectivity index (χ4n) is 6.26. The molecule has 5 aromatic rings. The molecule has 11 heteroatoms. The van der Waals surface area contributed by atoms with E-state index in [1.165, 1.54) is 0 Å². The normalized spacial score (nSPS) is 17.2. The molecule has 1 amide bonds. The van der Waals surface area contributed by atoms with Crippen molar-refractivity contribution in [2.75, 3.05) is 47.0 Å². The van der Waals surface area contributed by atoms with Gasteiger partial charge in [0.15, 0.2) is 11.5 Å². The fraction of sp³-hybridized carbons (Fsp3) is 0.375. The standard InChI is InChI=1S/C32H34N6O5/c1-16-15-38(10-9-37(16)5)32(39)21-8-7-20(29-30(21)42-12-11-41-29)28-27-22-14-25(40-6)23(26-17(2)36-43-18(26)3)13-24(22)35-31(27)34-19(4)33-28/h7-8,13-14,16H,9-12,15H2,1-6H3,(H,33,34,35). The Morgan fingerprint density at radius 3 is 2.56 bits per heavy atom. The quantitative estimate of drug-likeness (QED) is 0.315. The monoisotopic (exact) mass is 582 g/mol. The second-order valence-electron chi connectivity index (χ2n) is 11.4. The van der Waals surface area contributed by atoms with Gasteiger partial charge in [0.25, 0.3) is 5.91 Å². The van der Waals surface area contributed by atoms with Crippen LogP contribution in [0.5, 0.6) is 17.2 Å². The number of ether oxygens (including phenoxy) is 3. The van der Waals surface area contributed by atoms with Crippen molar-refractivity contribution >= 4 is 27.8 Å². The molecule has 11 nitrogen and oxygen atoms in total. The number of nitrogens with zero attached hydrogens (tertiary/aromatic N) is 5. The summed E-state index contributed by atoms with van der Waals surface area (Å²) in [7, 11) is 3.74. The highest BCUT2D eigenvalue weighted by Crippen LogP contribution is 2.46. The maximum atomic E-state index is 13.7. The Balaban J connectivity index is 1.40. The smallest absolute Gasteiger partial charge is 0.257 e. The van der Waals surface area contributed by atoms with E-state index in [1.807, 2.05) is 49.9 Å². The van der Waals surface area contributed by atoms with Crippen molar-refractivity contribution in [1.29, 1.82) is 0 Å². The van der Waals surface area contributed by atoms with E-state index in [-0.39, 0.29) is 11.9 Å². The number of hydrogen-bond acceptors (Lipinski definition) is 9. The van der Waals surface area contributed by atoms with E-state index in [0.717, 1.165) is 45.2 Å². The van der Waals surface area contributed by atoms with Crippen LogP contribution in [0.15, 0.2) is 28.8 Å².